The predicted molar refractivity (Wildman–Crippen MR) is 66.6 cm³/mol. The fraction of sp³-hybridized carbons (Fsp3) is 0.533. The number of epoxide rings is 1. The molecule has 4 nitrogen and oxygen atoms in total. The van der Waals surface area contributed by atoms with Gasteiger partial charge >= 0.3 is 5.97 Å². The van der Waals surface area contributed by atoms with Crippen molar-refractivity contribution in [1.29, 1.82) is 0 Å². The van der Waals surface area contributed by atoms with Gasteiger partial charge in [0.05, 0.1) is 6.26 Å². The molecule has 2 aliphatic heterocycles. The van der Waals surface area contributed by atoms with Crippen molar-refractivity contribution in [3.05, 3.63) is 34.8 Å². The number of hydrogen-bond donors (Lipinski definition) is 0. The van der Waals surface area contributed by atoms with Gasteiger partial charge in [-0.3, -0.25) is 0 Å². The molecule has 4 heteroatoms. The third-order valence-corrected chi connectivity index (χ3v) is 4.43. The molecule has 2 bridgehead atoms. The SMILES string of the molecule is CC1=CCC[C@]23O[C@H]2[C@@H](OC3=O)c2c(C)coc2C1. The van der Waals surface area contributed by atoms with Crippen molar-refractivity contribution in [3.8, 4) is 0 Å². The molecule has 0 amide bonds. The monoisotopic (exact) mass is 260 g/mol. The third kappa shape index (κ3) is 1.40. The van der Waals surface area contributed by atoms with Crippen molar-refractivity contribution in [3.63, 3.8) is 0 Å². The Kier molecular flexibility index (Phi) is 2.09. The first kappa shape index (κ1) is 11.3. The molecule has 0 spiro atoms. The molecule has 100 valence electrons. The van der Waals surface area contributed by atoms with Crippen LogP contribution in [0.4, 0.5) is 0 Å². The van der Waals surface area contributed by atoms with E-state index in [9.17, 15) is 4.79 Å². The lowest BCUT2D eigenvalue weighted by atomic mass is 9.91. The first-order chi connectivity index (χ1) is 9.12. The Hall–Kier alpha value is -1.55. The molecule has 1 aromatic heterocycles. The minimum Gasteiger partial charge on any atom is -0.468 e. The van der Waals surface area contributed by atoms with Crippen molar-refractivity contribution >= 4 is 5.97 Å². The summed E-state index contributed by atoms with van der Waals surface area (Å²) in [6.45, 7) is 4.08. The Bertz CT molecular complexity index is 597. The Morgan fingerprint density at radius 1 is 1.37 bits per heavy atom. The number of rotatable bonds is 0. The smallest absolute Gasteiger partial charge is 0.342 e. The second-order valence-electron chi connectivity index (χ2n) is 5.78. The van der Waals surface area contributed by atoms with Crippen LogP contribution in [0, 0.1) is 6.92 Å². The number of fused-ring (bicyclic) bond motifs is 2. The van der Waals surface area contributed by atoms with E-state index >= 15 is 0 Å². The molecule has 3 aliphatic rings. The highest BCUT2D eigenvalue weighted by atomic mass is 16.7. The Balaban J connectivity index is 1.85. The van der Waals surface area contributed by atoms with Crippen LogP contribution in [0.5, 0.6) is 0 Å². The van der Waals surface area contributed by atoms with Gasteiger partial charge in [-0.1, -0.05) is 11.6 Å². The molecule has 1 aromatic rings. The lowest BCUT2D eigenvalue weighted by Gasteiger charge is -2.13. The molecule has 0 saturated carbocycles. The van der Waals surface area contributed by atoms with Crippen molar-refractivity contribution in [1.82, 2.24) is 0 Å². The summed E-state index contributed by atoms with van der Waals surface area (Å²) in [6, 6.07) is 0. The standard InChI is InChI=1S/C15H16O4/c1-8-4-3-5-15-13(19-15)12(18-14(15)16)11-9(2)7-17-10(11)6-8/h4,7,12-13H,3,5-6H2,1-2H3/t12-,13-,15-/m0/s1. The number of hydrogen-bond acceptors (Lipinski definition) is 4. The van der Waals surface area contributed by atoms with E-state index in [1.165, 1.54) is 5.57 Å². The highest BCUT2D eigenvalue weighted by Crippen LogP contribution is 2.57. The molecule has 0 N–H and O–H groups in total. The number of esters is 1. The molecular weight excluding hydrogens is 244 g/mol. The molecular formula is C15H16O4. The van der Waals surface area contributed by atoms with E-state index in [0.29, 0.717) is 0 Å². The fourth-order valence-electron chi connectivity index (χ4n) is 3.34. The maximum Gasteiger partial charge on any atom is 0.342 e. The molecule has 0 aromatic carbocycles. The van der Waals surface area contributed by atoms with Crippen molar-refractivity contribution < 1.29 is 18.7 Å². The average molecular weight is 260 g/mol. The van der Waals surface area contributed by atoms with Gasteiger partial charge in [0.2, 0.25) is 0 Å². The van der Waals surface area contributed by atoms with E-state index in [2.05, 4.69) is 13.0 Å². The second-order valence-corrected chi connectivity index (χ2v) is 5.78. The molecule has 3 atom stereocenters. The minimum atomic E-state index is -0.681. The molecule has 0 unspecified atom stereocenters. The zero-order chi connectivity index (χ0) is 13.2. The zero-order valence-electron chi connectivity index (χ0n) is 11.1. The average Bonchev–Trinajstić information content (AvgIpc) is 2.91. The highest BCUT2D eigenvalue weighted by Gasteiger charge is 2.73. The van der Waals surface area contributed by atoms with E-state index in [1.807, 2.05) is 6.92 Å². The number of carbonyl (C=O) groups excluding carboxylic acids is 1. The lowest BCUT2D eigenvalue weighted by Crippen LogP contribution is -2.22. The third-order valence-electron chi connectivity index (χ3n) is 4.43. The van der Waals surface area contributed by atoms with Crippen LogP contribution < -0.4 is 0 Å². The minimum absolute atomic E-state index is 0.123. The molecule has 19 heavy (non-hydrogen) atoms. The van der Waals surface area contributed by atoms with Crippen LogP contribution in [0.3, 0.4) is 0 Å². The fourth-order valence-corrected chi connectivity index (χ4v) is 3.34. The Labute approximate surface area is 111 Å². The van der Waals surface area contributed by atoms with E-state index in [-0.39, 0.29) is 18.2 Å². The molecule has 1 aliphatic carbocycles. The summed E-state index contributed by atoms with van der Waals surface area (Å²) in [5.74, 6) is 0.694. The van der Waals surface area contributed by atoms with Gasteiger partial charge in [0.15, 0.2) is 11.7 Å². The number of ether oxygens (including phenoxy) is 2. The first-order valence-electron chi connectivity index (χ1n) is 6.73. The van der Waals surface area contributed by atoms with Gasteiger partial charge in [-0.15, -0.1) is 0 Å². The van der Waals surface area contributed by atoms with E-state index < -0.39 is 5.60 Å². The van der Waals surface area contributed by atoms with Crippen molar-refractivity contribution in [2.24, 2.45) is 0 Å². The topological polar surface area (TPSA) is 52.0 Å². The van der Waals surface area contributed by atoms with Gasteiger partial charge in [-0.05, 0) is 32.3 Å². The summed E-state index contributed by atoms with van der Waals surface area (Å²) >= 11 is 0. The van der Waals surface area contributed by atoms with Gasteiger partial charge in [0.1, 0.15) is 11.9 Å². The summed E-state index contributed by atoms with van der Waals surface area (Å²) in [5.41, 5.74) is 2.62. The molecule has 2 fully saturated rings. The van der Waals surface area contributed by atoms with E-state index in [1.54, 1.807) is 6.26 Å². The van der Waals surface area contributed by atoms with Crippen LogP contribution in [0.15, 0.2) is 22.3 Å². The van der Waals surface area contributed by atoms with Crippen LogP contribution in [0.2, 0.25) is 0 Å². The van der Waals surface area contributed by atoms with Crippen LogP contribution in [-0.4, -0.2) is 17.7 Å². The van der Waals surface area contributed by atoms with Crippen LogP contribution in [0.1, 0.15) is 42.8 Å². The summed E-state index contributed by atoms with van der Waals surface area (Å²) in [6.07, 6.45) is 5.84. The number of carbonyl (C=O) groups is 1. The van der Waals surface area contributed by atoms with Crippen LogP contribution in [0.25, 0.3) is 0 Å². The molecule has 2 saturated heterocycles. The Morgan fingerprint density at radius 2 is 2.21 bits per heavy atom. The summed E-state index contributed by atoms with van der Waals surface area (Å²) < 4.78 is 16.9. The second kappa shape index (κ2) is 3.51. The first-order valence-corrected chi connectivity index (χ1v) is 6.73. The summed E-state index contributed by atoms with van der Waals surface area (Å²) in [4.78, 5) is 12.1. The van der Waals surface area contributed by atoms with Gasteiger partial charge < -0.3 is 13.9 Å². The van der Waals surface area contributed by atoms with E-state index in [0.717, 1.165) is 36.1 Å². The summed E-state index contributed by atoms with van der Waals surface area (Å²) in [7, 11) is 0. The summed E-state index contributed by atoms with van der Waals surface area (Å²) in [5, 5.41) is 0. The Morgan fingerprint density at radius 3 is 3.00 bits per heavy atom. The van der Waals surface area contributed by atoms with E-state index in [4.69, 9.17) is 13.9 Å². The molecule has 0 radical (unpaired) electrons. The number of aryl methyl sites for hydroxylation is 1. The van der Waals surface area contributed by atoms with Crippen LogP contribution >= 0.6 is 0 Å². The van der Waals surface area contributed by atoms with Gasteiger partial charge in [-0.25, -0.2) is 4.79 Å². The zero-order valence-corrected chi connectivity index (χ0v) is 11.1. The lowest BCUT2D eigenvalue weighted by molar-refractivity contribution is -0.154. The van der Waals surface area contributed by atoms with Crippen molar-refractivity contribution in [2.75, 3.05) is 0 Å². The quantitative estimate of drug-likeness (QED) is 0.409. The van der Waals surface area contributed by atoms with Crippen molar-refractivity contribution in [2.45, 2.75) is 50.9 Å². The largest absolute Gasteiger partial charge is 0.468 e. The van der Waals surface area contributed by atoms with Gasteiger partial charge in [-0.2, -0.15) is 0 Å². The normalized spacial score (nSPS) is 36.1. The maximum absolute atomic E-state index is 12.1. The molecule has 3 heterocycles. The predicted octanol–water partition coefficient (Wildman–Crippen LogP) is 2.61. The van der Waals surface area contributed by atoms with Gasteiger partial charge in [0.25, 0.3) is 0 Å². The van der Waals surface area contributed by atoms with Crippen LogP contribution in [-0.2, 0) is 20.7 Å². The highest BCUT2D eigenvalue weighted by molar-refractivity contribution is 5.87. The molecule has 4 rings (SSSR count). The maximum atomic E-state index is 12.1. The number of furan rings is 1. The number of allylic oxidation sites excluding steroid dienone is 2. The van der Waals surface area contributed by atoms with Gasteiger partial charge in [0, 0.05) is 12.0 Å².